The Morgan fingerprint density at radius 2 is 1.71 bits per heavy atom. The van der Waals surface area contributed by atoms with Gasteiger partial charge in [0, 0.05) is 7.05 Å². The number of benzene rings is 2. The minimum absolute atomic E-state index is 0.107. The number of para-hydroxylation sites is 2. The molecule has 1 unspecified atom stereocenters. The molecule has 0 N–H and O–H groups in total. The van der Waals surface area contributed by atoms with Gasteiger partial charge in [0.05, 0.1) is 6.54 Å². The molecule has 3 rings (SSSR count). The first-order valence-corrected chi connectivity index (χ1v) is 8.62. The highest BCUT2D eigenvalue weighted by Crippen LogP contribution is 2.31. The Morgan fingerprint density at radius 1 is 1.08 bits per heavy atom. The van der Waals surface area contributed by atoms with E-state index in [4.69, 9.17) is 9.47 Å². The van der Waals surface area contributed by atoms with E-state index in [1.807, 2.05) is 0 Å². The topological polar surface area (TPSA) is 55.8 Å². The van der Waals surface area contributed by atoms with Gasteiger partial charge in [-0.25, -0.2) is 17.2 Å². The molecule has 0 aromatic heterocycles. The van der Waals surface area contributed by atoms with Crippen LogP contribution in [0.4, 0.5) is 8.78 Å². The van der Waals surface area contributed by atoms with Crippen LogP contribution in [-0.4, -0.2) is 39.0 Å². The first-order chi connectivity index (χ1) is 11.4. The van der Waals surface area contributed by atoms with E-state index in [1.54, 1.807) is 24.3 Å². The summed E-state index contributed by atoms with van der Waals surface area (Å²) in [6, 6.07) is 9.91. The van der Waals surface area contributed by atoms with Crippen LogP contribution in [0.2, 0.25) is 0 Å². The lowest BCUT2D eigenvalue weighted by Crippen LogP contribution is -2.42. The van der Waals surface area contributed by atoms with Crippen LogP contribution in [0.5, 0.6) is 11.5 Å². The van der Waals surface area contributed by atoms with Crippen molar-refractivity contribution in [1.29, 1.82) is 0 Å². The summed E-state index contributed by atoms with van der Waals surface area (Å²) in [7, 11) is -3.09. The van der Waals surface area contributed by atoms with Gasteiger partial charge in [0.2, 0.25) is 10.0 Å². The molecule has 0 fully saturated rings. The minimum atomic E-state index is -4.33. The van der Waals surface area contributed by atoms with Gasteiger partial charge in [-0.2, -0.15) is 4.31 Å². The predicted octanol–water partition coefficient (Wildman–Crippen LogP) is 2.43. The number of likely N-dealkylation sites (N-methyl/N-ethyl adjacent to an activating group) is 1. The molecule has 24 heavy (non-hydrogen) atoms. The minimum Gasteiger partial charge on any atom is -0.486 e. The first kappa shape index (κ1) is 16.7. The molecular weight excluding hydrogens is 340 g/mol. The highest BCUT2D eigenvalue weighted by atomic mass is 32.2. The number of hydrogen-bond donors (Lipinski definition) is 0. The van der Waals surface area contributed by atoms with Crippen molar-refractivity contribution in [2.45, 2.75) is 11.0 Å². The molecule has 1 aliphatic heterocycles. The Labute approximate surface area is 138 Å². The third-order valence-corrected chi connectivity index (χ3v) is 5.49. The number of fused-ring (bicyclic) bond motifs is 1. The predicted molar refractivity (Wildman–Crippen MR) is 82.5 cm³/mol. The second-order valence-corrected chi connectivity index (χ2v) is 7.32. The Kier molecular flexibility index (Phi) is 4.42. The molecule has 0 radical (unpaired) electrons. The van der Waals surface area contributed by atoms with Gasteiger partial charge in [-0.05, 0) is 24.3 Å². The van der Waals surface area contributed by atoms with Crippen molar-refractivity contribution < 1.29 is 26.7 Å². The van der Waals surface area contributed by atoms with Crippen LogP contribution in [-0.2, 0) is 10.0 Å². The van der Waals surface area contributed by atoms with Gasteiger partial charge in [0.25, 0.3) is 0 Å². The molecule has 128 valence electrons. The van der Waals surface area contributed by atoms with Gasteiger partial charge in [-0.15, -0.1) is 0 Å². The lowest BCUT2D eigenvalue weighted by Gasteiger charge is -2.29. The standard InChI is InChI=1S/C16H15F2NO4S/c1-19(24(20,21)16-12(17)5-4-6-13(16)18)9-11-10-22-14-7-2-3-8-15(14)23-11/h2-8,11H,9-10H2,1H3. The summed E-state index contributed by atoms with van der Waals surface area (Å²) in [5.41, 5.74) is 0. The van der Waals surface area contributed by atoms with Crippen molar-refractivity contribution in [3.63, 3.8) is 0 Å². The third-order valence-electron chi connectivity index (χ3n) is 3.62. The molecule has 1 heterocycles. The highest BCUT2D eigenvalue weighted by molar-refractivity contribution is 7.89. The molecule has 2 aromatic rings. The zero-order valence-electron chi connectivity index (χ0n) is 12.8. The van der Waals surface area contributed by atoms with E-state index in [-0.39, 0.29) is 13.2 Å². The average molecular weight is 355 g/mol. The van der Waals surface area contributed by atoms with Crippen LogP contribution < -0.4 is 9.47 Å². The van der Waals surface area contributed by atoms with E-state index in [0.717, 1.165) is 22.5 Å². The molecule has 5 nitrogen and oxygen atoms in total. The van der Waals surface area contributed by atoms with Gasteiger partial charge >= 0.3 is 0 Å². The Balaban J connectivity index is 1.79. The molecule has 0 saturated heterocycles. The van der Waals surface area contributed by atoms with Crippen LogP contribution in [0.1, 0.15) is 0 Å². The maximum atomic E-state index is 13.8. The fraction of sp³-hybridized carbons (Fsp3) is 0.250. The van der Waals surface area contributed by atoms with Gasteiger partial charge < -0.3 is 9.47 Å². The summed E-state index contributed by atoms with van der Waals surface area (Å²) >= 11 is 0. The lowest BCUT2D eigenvalue weighted by atomic mass is 10.2. The Morgan fingerprint density at radius 3 is 2.38 bits per heavy atom. The van der Waals surface area contributed by atoms with Crippen molar-refractivity contribution in [1.82, 2.24) is 4.31 Å². The van der Waals surface area contributed by atoms with Crippen LogP contribution in [0.25, 0.3) is 0 Å². The van der Waals surface area contributed by atoms with Crippen LogP contribution in [0.15, 0.2) is 47.4 Å². The SMILES string of the molecule is CN(CC1COc2ccccc2O1)S(=O)(=O)c1c(F)cccc1F. The van der Waals surface area contributed by atoms with Crippen molar-refractivity contribution in [2.24, 2.45) is 0 Å². The van der Waals surface area contributed by atoms with E-state index < -0.39 is 32.7 Å². The van der Waals surface area contributed by atoms with Crippen molar-refractivity contribution in [3.8, 4) is 11.5 Å². The quantitative estimate of drug-likeness (QED) is 0.845. The number of rotatable bonds is 4. The van der Waals surface area contributed by atoms with Crippen molar-refractivity contribution >= 4 is 10.0 Å². The summed E-state index contributed by atoms with van der Waals surface area (Å²) in [6.45, 7) is 0.0288. The lowest BCUT2D eigenvalue weighted by molar-refractivity contribution is 0.0798. The van der Waals surface area contributed by atoms with E-state index in [1.165, 1.54) is 7.05 Å². The number of halogens is 2. The largest absolute Gasteiger partial charge is 0.486 e. The monoisotopic (exact) mass is 355 g/mol. The summed E-state index contributed by atoms with van der Waals surface area (Å²) in [6.07, 6.45) is -0.588. The van der Waals surface area contributed by atoms with E-state index >= 15 is 0 Å². The second kappa shape index (κ2) is 6.37. The van der Waals surface area contributed by atoms with E-state index in [2.05, 4.69) is 0 Å². The molecule has 0 aliphatic carbocycles. The maximum absolute atomic E-state index is 13.8. The summed E-state index contributed by atoms with van der Waals surface area (Å²) in [5, 5.41) is 0. The molecule has 8 heteroatoms. The van der Waals surface area contributed by atoms with Crippen molar-refractivity contribution in [3.05, 3.63) is 54.1 Å². The van der Waals surface area contributed by atoms with Gasteiger partial charge in [0.15, 0.2) is 16.4 Å². The van der Waals surface area contributed by atoms with Crippen LogP contribution in [0.3, 0.4) is 0 Å². The smallest absolute Gasteiger partial charge is 0.248 e. The first-order valence-electron chi connectivity index (χ1n) is 7.18. The number of nitrogens with zero attached hydrogens (tertiary/aromatic N) is 1. The molecule has 0 amide bonds. The van der Waals surface area contributed by atoms with Crippen molar-refractivity contribution in [2.75, 3.05) is 20.2 Å². The highest BCUT2D eigenvalue weighted by Gasteiger charge is 2.31. The van der Waals surface area contributed by atoms with Crippen LogP contribution in [0, 0.1) is 11.6 Å². The third kappa shape index (κ3) is 3.07. The normalized spacial score (nSPS) is 17.1. The van der Waals surface area contributed by atoms with Gasteiger partial charge in [0.1, 0.15) is 24.3 Å². The fourth-order valence-corrected chi connectivity index (χ4v) is 3.73. The maximum Gasteiger partial charge on any atom is 0.248 e. The molecule has 0 saturated carbocycles. The van der Waals surface area contributed by atoms with Gasteiger partial charge in [-0.3, -0.25) is 0 Å². The summed E-state index contributed by atoms with van der Waals surface area (Å²) in [5.74, 6) is -1.20. The van der Waals surface area contributed by atoms with E-state index in [9.17, 15) is 17.2 Å². The van der Waals surface area contributed by atoms with Crippen LogP contribution >= 0.6 is 0 Å². The molecule has 1 atom stereocenters. The molecule has 0 spiro atoms. The molecule has 1 aliphatic rings. The zero-order chi connectivity index (χ0) is 17.3. The molecular formula is C16H15F2NO4S. The second-order valence-electron chi connectivity index (χ2n) is 5.33. The zero-order valence-corrected chi connectivity index (χ0v) is 13.6. The summed E-state index contributed by atoms with van der Waals surface area (Å²) < 4.78 is 64.5. The average Bonchev–Trinajstić information content (AvgIpc) is 2.54. The Hall–Kier alpha value is -2.19. The van der Waals surface area contributed by atoms with Gasteiger partial charge in [-0.1, -0.05) is 18.2 Å². The number of hydrogen-bond acceptors (Lipinski definition) is 4. The fourth-order valence-electron chi connectivity index (χ4n) is 2.42. The Bertz CT molecular complexity index is 837. The summed E-state index contributed by atoms with van der Waals surface area (Å²) in [4.78, 5) is -0.968. The number of ether oxygens (including phenoxy) is 2. The van der Waals surface area contributed by atoms with E-state index in [0.29, 0.717) is 11.5 Å². The molecule has 0 bridgehead atoms. The molecule has 2 aromatic carbocycles. The number of sulfonamides is 1.